The molecule has 1 heterocycles. The summed E-state index contributed by atoms with van der Waals surface area (Å²) in [7, 11) is 0. The van der Waals surface area contributed by atoms with E-state index >= 15 is 0 Å². The van der Waals surface area contributed by atoms with Crippen LogP contribution >= 0.6 is 22.6 Å². The van der Waals surface area contributed by atoms with Gasteiger partial charge in [-0.15, -0.1) is 0 Å². The van der Waals surface area contributed by atoms with Gasteiger partial charge >= 0.3 is 0 Å². The molecular weight excluding hydrogens is 529 g/mol. The van der Waals surface area contributed by atoms with Gasteiger partial charge in [0, 0.05) is 15.7 Å². The molecule has 3 aromatic carbocycles. The van der Waals surface area contributed by atoms with E-state index in [9.17, 15) is 14.7 Å². The van der Waals surface area contributed by atoms with E-state index in [0.717, 1.165) is 21.1 Å². The first-order chi connectivity index (χ1) is 16.0. The quantitative estimate of drug-likeness (QED) is 0.177. The Balaban J connectivity index is 1.81. The third kappa shape index (κ3) is 4.95. The Labute approximate surface area is 206 Å². The van der Waals surface area contributed by atoms with Crippen molar-refractivity contribution in [3.05, 3.63) is 105 Å². The fourth-order valence-electron chi connectivity index (χ4n) is 3.92. The number of amides is 1. The Morgan fingerprint density at radius 3 is 2.42 bits per heavy atom. The minimum absolute atomic E-state index is 0.0878. The number of hydrogen-bond acceptors (Lipinski definition) is 4. The Hall–Kier alpha value is -3.13. The van der Waals surface area contributed by atoms with Gasteiger partial charge in [-0.1, -0.05) is 61.5 Å². The van der Waals surface area contributed by atoms with Crippen molar-refractivity contribution in [2.45, 2.75) is 25.9 Å². The molecule has 0 saturated carbocycles. The van der Waals surface area contributed by atoms with E-state index in [1.165, 1.54) is 4.90 Å². The predicted molar refractivity (Wildman–Crippen MR) is 136 cm³/mol. The van der Waals surface area contributed by atoms with E-state index in [4.69, 9.17) is 4.74 Å². The fraction of sp³-hybridized carbons (Fsp3) is 0.185. The molecule has 1 amide bonds. The number of rotatable bonds is 7. The molecule has 0 spiro atoms. The zero-order chi connectivity index (χ0) is 23.4. The van der Waals surface area contributed by atoms with Crippen molar-refractivity contribution in [3.8, 4) is 5.75 Å². The van der Waals surface area contributed by atoms with E-state index < -0.39 is 17.7 Å². The molecule has 4 rings (SSSR count). The van der Waals surface area contributed by atoms with Crippen molar-refractivity contribution in [2.24, 2.45) is 0 Å². The molecule has 5 nitrogen and oxygen atoms in total. The van der Waals surface area contributed by atoms with E-state index in [1.54, 1.807) is 24.3 Å². The lowest BCUT2D eigenvalue weighted by Crippen LogP contribution is -2.29. The number of carbonyl (C=O) groups is 2. The average Bonchev–Trinajstić information content (AvgIpc) is 3.08. The SMILES string of the molecule is CCCOc1cccc(C(O)=C2C(=O)C(=O)N(Cc3ccccc3)C2c2ccc(I)cc2)c1. The van der Waals surface area contributed by atoms with Crippen LogP contribution in [0.2, 0.25) is 0 Å². The van der Waals surface area contributed by atoms with E-state index in [1.807, 2.05) is 61.5 Å². The number of Topliss-reactive ketones (excluding diaryl/α,β-unsaturated/α-hetero) is 1. The summed E-state index contributed by atoms with van der Waals surface area (Å²) < 4.78 is 6.72. The number of nitrogens with zero attached hydrogens (tertiary/aromatic N) is 1. The van der Waals surface area contributed by atoms with Crippen LogP contribution in [-0.2, 0) is 16.1 Å². The minimum atomic E-state index is -0.692. The van der Waals surface area contributed by atoms with Crippen molar-refractivity contribution >= 4 is 40.0 Å². The van der Waals surface area contributed by atoms with Gasteiger partial charge in [0.1, 0.15) is 11.5 Å². The first kappa shape index (κ1) is 23.0. The van der Waals surface area contributed by atoms with E-state index in [0.29, 0.717) is 17.9 Å². The molecule has 1 atom stereocenters. The first-order valence-corrected chi connectivity index (χ1v) is 11.9. The molecule has 33 heavy (non-hydrogen) atoms. The van der Waals surface area contributed by atoms with Crippen molar-refractivity contribution in [2.75, 3.05) is 6.61 Å². The zero-order valence-corrected chi connectivity index (χ0v) is 20.4. The lowest BCUT2D eigenvalue weighted by molar-refractivity contribution is -0.140. The number of benzene rings is 3. The third-order valence-corrected chi connectivity index (χ3v) is 6.22. The van der Waals surface area contributed by atoms with Gasteiger partial charge in [-0.25, -0.2) is 0 Å². The van der Waals surface area contributed by atoms with Gasteiger partial charge < -0.3 is 14.7 Å². The number of halogens is 1. The molecule has 0 aliphatic carbocycles. The largest absolute Gasteiger partial charge is 0.507 e. The summed E-state index contributed by atoms with van der Waals surface area (Å²) in [6.07, 6.45) is 0.855. The zero-order valence-electron chi connectivity index (χ0n) is 18.2. The second kappa shape index (κ2) is 10.2. The molecule has 0 aromatic heterocycles. The second-order valence-electron chi connectivity index (χ2n) is 7.84. The maximum absolute atomic E-state index is 13.2. The summed E-state index contributed by atoms with van der Waals surface area (Å²) in [5.74, 6) is -0.908. The number of aliphatic hydroxyl groups excluding tert-OH is 1. The summed E-state index contributed by atoms with van der Waals surface area (Å²) in [4.78, 5) is 27.8. The first-order valence-electron chi connectivity index (χ1n) is 10.8. The predicted octanol–water partition coefficient (Wildman–Crippen LogP) is 5.70. The van der Waals surface area contributed by atoms with Gasteiger partial charge in [0.2, 0.25) is 0 Å². The van der Waals surface area contributed by atoms with Gasteiger partial charge in [-0.05, 0) is 64.4 Å². The lowest BCUT2D eigenvalue weighted by Gasteiger charge is -2.25. The number of likely N-dealkylation sites (tertiary alicyclic amines) is 1. The summed E-state index contributed by atoms with van der Waals surface area (Å²) in [5.41, 5.74) is 2.21. The third-order valence-electron chi connectivity index (χ3n) is 5.50. The normalized spacial score (nSPS) is 17.4. The second-order valence-corrected chi connectivity index (χ2v) is 9.09. The van der Waals surface area contributed by atoms with Crippen LogP contribution in [0.3, 0.4) is 0 Å². The summed E-state index contributed by atoms with van der Waals surface area (Å²) in [6, 6.07) is 23.5. The Kier molecular flexibility index (Phi) is 7.13. The molecule has 1 saturated heterocycles. The molecule has 0 radical (unpaired) electrons. The summed E-state index contributed by atoms with van der Waals surface area (Å²) in [6.45, 7) is 2.83. The number of carbonyl (C=O) groups excluding carboxylic acids is 2. The van der Waals surface area contributed by atoms with Gasteiger partial charge in [0.15, 0.2) is 0 Å². The smallest absolute Gasteiger partial charge is 0.295 e. The minimum Gasteiger partial charge on any atom is -0.507 e. The summed E-state index contributed by atoms with van der Waals surface area (Å²) in [5, 5.41) is 11.3. The average molecular weight is 553 g/mol. The van der Waals surface area contributed by atoms with Crippen LogP contribution in [0.25, 0.3) is 5.76 Å². The molecule has 3 aromatic rings. The van der Waals surface area contributed by atoms with Crippen LogP contribution in [0.5, 0.6) is 5.75 Å². The van der Waals surface area contributed by atoms with Crippen LogP contribution < -0.4 is 4.74 Å². The number of hydrogen-bond donors (Lipinski definition) is 1. The fourth-order valence-corrected chi connectivity index (χ4v) is 4.28. The highest BCUT2D eigenvalue weighted by Crippen LogP contribution is 2.40. The van der Waals surface area contributed by atoms with E-state index in [-0.39, 0.29) is 17.9 Å². The molecule has 168 valence electrons. The molecule has 1 unspecified atom stereocenters. The maximum Gasteiger partial charge on any atom is 0.295 e. The highest BCUT2D eigenvalue weighted by molar-refractivity contribution is 14.1. The monoisotopic (exact) mass is 553 g/mol. The highest BCUT2D eigenvalue weighted by atomic mass is 127. The van der Waals surface area contributed by atoms with Crippen LogP contribution in [0.4, 0.5) is 0 Å². The number of aliphatic hydroxyl groups is 1. The molecule has 1 aliphatic heterocycles. The van der Waals surface area contributed by atoms with Gasteiger partial charge in [0.25, 0.3) is 11.7 Å². The van der Waals surface area contributed by atoms with Crippen molar-refractivity contribution < 1.29 is 19.4 Å². The molecule has 0 bridgehead atoms. The van der Waals surface area contributed by atoms with Crippen LogP contribution in [0.15, 0.2) is 84.4 Å². The Bertz CT molecular complexity index is 1190. The van der Waals surface area contributed by atoms with Crippen LogP contribution in [-0.4, -0.2) is 28.3 Å². The molecule has 6 heteroatoms. The molecule has 1 aliphatic rings. The summed E-state index contributed by atoms with van der Waals surface area (Å²) >= 11 is 2.21. The molecular formula is C27H24INO4. The lowest BCUT2D eigenvalue weighted by atomic mass is 9.95. The topological polar surface area (TPSA) is 66.8 Å². The Morgan fingerprint density at radius 2 is 1.73 bits per heavy atom. The van der Waals surface area contributed by atoms with Crippen molar-refractivity contribution in [1.29, 1.82) is 0 Å². The van der Waals surface area contributed by atoms with Crippen molar-refractivity contribution in [1.82, 2.24) is 4.90 Å². The van der Waals surface area contributed by atoms with Crippen molar-refractivity contribution in [3.63, 3.8) is 0 Å². The molecule has 1 fully saturated rings. The highest BCUT2D eigenvalue weighted by Gasteiger charge is 2.46. The maximum atomic E-state index is 13.2. The number of ether oxygens (including phenoxy) is 1. The van der Waals surface area contributed by atoms with Gasteiger partial charge in [0.05, 0.1) is 18.2 Å². The van der Waals surface area contributed by atoms with Gasteiger partial charge in [-0.3, -0.25) is 9.59 Å². The number of ketones is 1. The Morgan fingerprint density at radius 1 is 1.00 bits per heavy atom. The van der Waals surface area contributed by atoms with E-state index in [2.05, 4.69) is 22.6 Å². The molecule has 1 N–H and O–H groups in total. The van der Waals surface area contributed by atoms with Crippen LogP contribution in [0.1, 0.15) is 36.1 Å². The van der Waals surface area contributed by atoms with Crippen LogP contribution in [0, 0.1) is 3.57 Å². The standard InChI is InChI=1S/C27H24INO4/c1-2-15-33-22-10-6-9-20(16-22)25(30)23-24(19-11-13-21(28)14-12-19)29(27(32)26(23)31)17-18-7-4-3-5-8-18/h3-14,16,24,30H,2,15,17H2,1H3. The van der Waals surface area contributed by atoms with Gasteiger partial charge in [-0.2, -0.15) is 0 Å².